The normalized spacial score (nSPS) is 16.6. The van der Waals surface area contributed by atoms with Gasteiger partial charge in [0, 0.05) is 6.42 Å². The fourth-order valence-corrected chi connectivity index (χ4v) is 4.51. The van der Waals surface area contributed by atoms with Crippen molar-refractivity contribution >= 4 is 39.8 Å². The Hall–Kier alpha value is -3.39. The second-order valence-corrected chi connectivity index (χ2v) is 9.66. The van der Waals surface area contributed by atoms with Gasteiger partial charge in [-0.1, -0.05) is 32.0 Å². The minimum absolute atomic E-state index is 0.0464. The molecule has 0 bridgehead atoms. The number of aliphatic imine (C=N–C) groups is 1. The highest BCUT2D eigenvalue weighted by Gasteiger charge is 2.35. The fraction of sp³-hybridized carbons (Fsp3) is 0.308. The maximum Gasteiger partial charge on any atom is 0.283 e. The van der Waals surface area contributed by atoms with Crippen LogP contribution >= 0.6 is 11.8 Å². The van der Waals surface area contributed by atoms with Crippen LogP contribution in [0.25, 0.3) is 6.08 Å². The Morgan fingerprint density at radius 3 is 2.38 bits per heavy atom. The van der Waals surface area contributed by atoms with Crippen LogP contribution in [0.4, 0.5) is 0 Å². The predicted octanol–water partition coefficient (Wildman–Crippen LogP) is 5.43. The summed E-state index contributed by atoms with van der Waals surface area (Å²) in [6, 6.07) is 13.4. The summed E-state index contributed by atoms with van der Waals surface area (Å²) in [5.41, 5.74) is 3.43. The zero-order valence-electron chi connectivity index (χ0n) is 19.8. The van der Waals surface area contributed by atoms with Crippen molar-refractivity contribution in [2.24, 2.45) is 16.0 Å². The predicted molar refractivity (Wildman–Crippen MR) is 138 cm³/mol. The lowest BCUT2D eigenvalue weighted by molar-refractivity contribution is -0.114. The number of carbonyl (C=O) groups is 1. The number of ether oxygens (including phenoxy) is 2. The number of hydrogen-bond acceptors (Lipinski definition) is 6. The first-order valence-electron chi connectivity index (χ1n) is 11.2. The molecule has 0 atom stereocenters. The largest absolute Gasteiger partial charge is 0.490 e. The lowest BCUT2D eigenvalue weighted by Crippen LogP contribution is -2.35. The smallest absolute Gasteiger partial charge is 0.283 e. The molecule has 1 amide bonds. The van der Waals surface area contributed by atoms with Gasteiger partial charge in [-0.05, 0) is 78.6 Å². The fourth-order valence-electron chi connectivity index (χ4n) is 3.41. The number of hydrazone groups is 1. The first kappa shape index (κ1) is 23.8. The summed E-state index contributed by atoms with van der Waals surface area (Å²) in [7, 11) is 0. The summed E-state index contributed by atoms with van der Waals surface area (Å²) >= 11 is 1.36. The summed E-state index contributed by atoms with van der Waals surface area (Å²) in [5, 5.41) is 15.7. The van der Waals surface area contributed by atoms with Crippen LogP contribution in [0.3, 0.4) is 0 Å². The van der Waals surface area contributed by atoms with Gasteiger partial charge >= 0.3 is 0 Å². The maximum absolute atomic E-state index is 12.6. The molecule has 2 aliphatic rings. The average Bonchev–Trinajstić information content (AvgIpc) is 3.19. The van der Waals surface area contributed by atoms with E-state index in [9.17, 15) is 4.79 Å². The Morgan fingerprint density at radius 1 is 1.03 bits per heavy atom. The molecular weight excluding hydrogens is 448 g/mol. The standard InChI is InChI=1S/C26H28N4O3S/c1-16(2)13-23-29-30-24(27)22(25(31)28-26(30)34-23)15-19-6-9-20(10-7-19)32-11-12-33-21-8-5-17(3)18(4)14-21/h5-10,14-16,27H,11-13H2,1-4H3/b22-15-,27-24?. The molecule has 0 unspecified atom stereocenters. The molecule has 8 heteroatoms. The molecule has 0 radical (unpaired) electrons. The Labute approximate surface area is 204 Å². The van der Waals surface area contributed by atoms with Crippen LogP contribution in [0.15, 0.2) is 58.1 Å². The Morgan fingerprint density at radius 2 is 1.71 bits per heavy atom. The van der Waals surface area contributed by atoms with Crippen LogP contribution in [0, 0.1) is 25.2 Å². The molecular formula is C26H28N4O3S. The molecule has 34 heavy (non-hydrogen) atoms. The van der Waals surface area contributed by atoms with E-state index < -0.39 is 5.91 Å². The molecule has 0 fully saturated rings. The SMILES string of the molecule is Cc1ccc(OCCOc2ccc(/C=C3/C(=N)N4N=C(CC(C)C)SC4=NC3=O)cc2)cc1C. The zero-order valence-corrected chi connectivity index (χ0v) is 20.6. The van der Waals surface area contributed by atoms with Gasteiger partial charge in [0.15, 0.2) is 5.84 Å². The molecule has 4 rings (SSSR count). The first-order chi connectivity index (χ1) is 16.3. The summed E-state index contributed by atoms with van der Waals surface area (Å²) < 4.78 is 11.5. The second-order valence-electron chi connectivity index (χ2n) is 8.62. The van der Waals surface area contributed by atoms with Gasteiger partial charge < -0.3 is 9.47 Å². The van der Waals surface area contributed by atoms with E-state index in [4.69, 9.17) is 14.9 Å². The number of aryl methyl sites for hydroxylation is 2. The lowest BCUT2D eigenvalue weighted by Gasteiger charge is -2.20. The third-order valence-electron chi connectivity index (χ3n) is 5.37. The van der Waals surface area contributed by atoms with Gasteiger partial charge in [-0.25, -0.2) is 0 Å². The van der Waals surface area contributed by atoms with E-state index in [-0.39, 0.29) is 11.4 Å². The first-order valence-corrected chi connectivity index (χ1v) is 12.0. The number of hydrogen-bond donors (Lipinski definition) is 1. The van der Waals surface area contributed by atoms with Crippen LogP contribution in [0.1, 0.15) is 37.0 Å². The molecule has 0 saturated heterocycles. The Balaban J connectivity index is 1.35. The van der Waals surface area contributed by atoms with E-state index >= 15 is 0 Å². The van der Waals surface area contributed by atoms with Gasteiger partial charge in [-0.2, -0.15) is 15.1 Å². The van der Waals surface area contributed by atoms with Crippen molar-refractivity contribution in [3.05, 3.63) is 64.7 Å². The van der Waals surface area contributed by atoms with E-state index in [1.165, 1.54) is 27.9 Å². The van der Waals surface area contributed by atoms with Crippen molar-refractivity contribution in [2.45, 2.75) is 34.1 Å². The highest BCUT2D eigenvalue weighted by Crippen LogP contribution is 2.30. The molecule has 2 aromatic rings. The molecule has 2 aliphatic heterocycles. The number of amidine groups is 2. The molecule has 0 saturated carbocycles. The highest BCUT2D eigenvalue weighted by molar-refractivity contribution is 8.26. The third kappa shape index (κ3) is 5.56. The van der Waals surface area contributed by atoms with Crippen molar-refractivity contribution in [1.82, 2.24) is 5.01 Å². The Kier molecular flexibility index (Phi) is 7.17. The van der Waals surface area contributed by atoms with Gasteiger partial charge in [0.2, 0.25) is 5.17 Å². The van der Waals surface area contributed by atoms with Gasteiger partial charge in [0.1, 0.15) is 29.8 Å². The maximum atomic E-state index is 12.6. The minimum atomic E-state index is -0.423. The second kappa shape index (κ2) is 10.3. The monoisotopic (exact) mass is 476 g/mol. The van der Waals surface area contributed by atoms with Crippen molar-refractivity contribution < 1.29 is 14.3 Å². The van der Waals surface area contributed by atoms with Crippen LogP contribution in [0.5, 0.6) is 11.5 Å². The number of thioether (sulfide) groups is 1. The van der Waals surface area contributed by atoms with Crippen molar-refractivity contribution in [3.63, 3.8) is 0 Å². The van der Waals surface area contributed by atoms with Crippen molar-refractivity contribution in [2.75, 3.05) is 13.2 Å². The van der Waals surface area contributed by atoms with E-state index in [1.54, 1.807) is 6.08 Å². The van der Waals surface area contributed by atoms with E-state index in [0.29, 0.717) is 30.0 Å². The topological polar surface area (TPSA) is 87.3 Å². The van der Waals surface area contributed by atoms with Gasteiger partial charge in [-0.3, -0.25) is 10.2 Å². The molecule has 2 aromatic carbocycles. The number of rotatable bonds is 8. The quantitative estimate of drug-likeness (QED) is 0.406. The van der Waals surface area contributed by atoms with Crippen LogP contribution < -0.4 is 9.47 Å². The third-order valence-corrected chi connectivity index (χ3v) is 6.30. The van der Waals surface area contributed by atoms with E-state index in [2.05, 4.69) is 37.8 Å². The lowest BCUT2D eigenvalue weighted by atomic mass is 10.1. The number of nitrogens with one attached hydrogen (secondary N) is 1. The number of carbonyl (C=O) groups excluding carboxylic acids is 1. The molecule has 0 aromatic heterocycles. The number of nitrogens with zero attached hydrogens (tertiary/aromatic N) is 3. The molecule has 0 spiro atoms. The average molecular weight is 477 g/mol. The summed E-state index contributed by atoms with van der Waals surface area (Å²) in [6.07, 6.45) is 2.45. The number of fused-ring (bicyclic) bond motifs is 1. The van der Waals surface area contributed by atoms with Crippen molar-refractivity contribution in [3.8, 4) is 11.5 Å². The molecule has 7 nitrogen and oxygen atoms in total. The van der Waals surface area contributed by atoms with Gasteiger partial charge in [0.25, 0.3) is 5.91 Å². The Bertz CT molecular complexity index is 1200. The number of amides is 1. The van der Waals surface area contributed by atoms with Crippen LogP contribution in [-0.2, 0) is 4.79 Å². The highest BCUT2D eigenvalue weighted by atomic mass is 32.2. The minimum Gasteiger partial charge on any atom is -0.490 e. The van der Waals surface area contributed by atoms with Crippen LogP contribution in [0.2, 0.25) is 0 Å². The molecule has 176 valence electrons. The van der Waals surface area contributed by atoms with E-state index in [0.717, 1.165) is 22.8 Å². The van der Waals surface area contributed by atoms with Gasteiger partial charge in [0.05, 0.1) is 5.57 Å². The van der Waals surface area contributed by atoms with E-state index in [1.807, 2.05) is 42.5 Å². The summed E-state index contributed by atoms with van der Waals surface area (Å²) in [4.78, 5) is 16.7. The molecule has 2 heterocycles. The zero-order chi connectivity index (χ0) is 24.2. The van der Waals surface area contributed by atoms with Gasteiger partial charge in [-0.15, -0.1) is 0 Å². The van der Waals surface area contributed by atoms with Crippen LogP contribution in [-0.4, -0.2) is 40.2 Å². The number of benzene rings is 2. The molecule has 0 aliphatic carbocycles. The molecule has 1 N–H and O–H groups in total. The summed E-state index contributed by atoms with van der Waals surface area (Å²) in [6.45, 7) is 9.20. The summed E-state index contributed by atoms with van der Waals surface area (Å²) in [5.74, 6) is 1.59. The van der Waals surface area contributed by atoms with Crippen molar-refractivity contribution in [1.29, 1.82) is 5.41 Å².